The Hall–Kier alpha value is -6.07. The highest BCUT2D eigenvalue weighted by Crippen LogP contribution is 2.49. The third-order valence-electron chi connectivity index (χ3n) is 12.1. The first kappa shape index (κ1) is 37.2. The minimum absolute atomic E-state index is 0.430. The first-order chi connectivity index (χ1) is 29.0. The number of hydrogen-bond acceptors (Lipinski definition) is 2. The van der Waals surface area contributed by atoms with Gasteiger partial charge in [-0.1, -0.05) is 128 Å². The van der Waals surface area contributed by atoms with Crippen molar-refractivity contribution in [1.29, 1.82) is 0 Å². The van der Waals surface area contributed by atoms with Gasteiger partial charge in [-0.05, 0) is 104 Å². The highest BCUT2D eigenvalue weighted by atomic mass is 32.2. The first-order valence-electron chi connectivity index (χ1n) is 20.6. The lowest BCUT2D eigenvalue weighted by molar-refractivity contribution is 0.863. The molecule has 0 bridgehead atoms. The van der Waals surface area contributed by atoms with Gasteiger partial charge in [0.05, 0.1) is 16.6 Å². The summed E-state index contributed by atoms with van der Waals surface area (Å²) in [4.78, 5) is 2.82. The average Bonchev–Trinajstić information content (AvgIpc) is 3.99. The van der Waals surface area contributed by atoms with E-state index in [2.05, 4.69) is 207 Å². The van der Waals surface area contributed by atoms with Gasteiger partial charge in [0.25, 0.3) is 0 Å². The average molecular weight is 799 g/mol. The summed E-state index contributed by atoms with van der Waals surface area (Å²) in [7, 11) is 0. The zero-order valence-corrected chi connectivity index (χ0v) is 35.6. The zero-order chi connectivity index (χ0) is 40.2. The number of benzene rings is 5. The van der Waals surface area contributed by atoms with Crippen LogP contribution in [-0.2, 0) is 6.42 Å². The van der Waals surface area contributed by atoms with Gasteiger partial charge in [0.2, 0.25) is 0 Å². The van der Waals surface area contributed by atoms with Crippen molar-refractivity contribution < 1.29 is 0 Å². The lowest BCUT2D eigenvalue weighted by Gasteiger charge is -2.19. The van der Waals surface area contributed by atoms with E-state index < -0.39 is 0 Å². The number of rotatable bonds is 9. The Morgan fingerprint density at radius 3 is 2.42 bits per heavy atom. The predicted octanol–water partition coefficient (Wildman–Crippen LogP) is 15.9. The normalized spacial score (nSPS) is 17.0. The summed E-state index contributed by atoms with van der Waals surface area (Å²) >= 11 is 3.93. The van der Waals surface area contributed by atoms with Gasteiger partial charge in [-0.3, -0.25) is 0 Å². The van der Waals surface area contributed by atoms with Crippen molar-refractivity contribution in [2.45, 2.75) is 50.2 Å². The monoisotopic (exact) mass is 798 g/mol. The van der Waals surface area contributed by atoms with E-state index >= 15 is 0 Å². The lowest BCUT2D eigenvalue weighted by atomic mass is 9.88. The number of thiophene rings is 1. The fraction of sp³-hybridized carbons (Fsp3) is 0.127. The fourth-order valence-corrected chi connectivity index (χ4v) is 12.1. The van der Waals surface area contributed by atoms with Gasteiger partial charge in [-0.25, -0.2) is 0 Å². The Bertz CT molecular complexity index is 3180. The van der Waals surface area contributed by atoms with Gasteiger partial charge in [-0.2, -0.15) is 0 Å². The topological polar surface area (TPSA) is 9.86 Å². The van der Waals surface area contributed by atoms with Crippen molar-refractivity contribution in [3.8, 4) is 11.1 Å². The summed E-state index contributed by atoms with van der Waals surface area (Å²) in [6, 6.07) is 40.4. The molecule has 1 aliphatic carbocycles. The van der Waals surface area contributed by atoms with Gasteiger partial charge in [0.1, 0.15) is 0 Å². The third kappa shape index (κ3) is 6.25. The smallest absolute Gasteiger partial charge is 0.0541 e. The molecule has 288 valence electrons. The fourth-order valence-electron chi connectivity index (χ4n) is 9.53. The summed E-state index contributed by atoms with van der Waals surface area (Å²) in [5.41, 5.74) is 15.0. The molecule has 0 radical (unpaired) electrons. The minimum atomic E-state index is 0.430. The Labute approximate surface area is 355 Å². The molecule has 10 rings (SSSR count). The number of nitrogens with zero attached hydrogens (tertiary/aromatic N) is 2. The second kappa shape index (κ2) is 15.3. The third-order valence-corrected chi connectivity index (χ3v) is 14.7. The van der Waals surface area contributed by atoms with E-state index in [4.69, 9.17) is 0 Å². The molecule has 5 aromatic carbocycles. The number of allylic oxidation sites excluding steroid dienone is 10. The van der Waals surface area contributed by atoms with Crippen LogP contribution >= 0.6 is 23.1 Å². The van der Waals surface area contributed by atoms with Crippen molar-refractivity contribution in [2.75, 3.05) is 0 Å². The maximum Gasteiger partial charge on any atom is 0.0541 e. The molecule has 2 nitrogen and oxygen atoms in total. The van der Waals surface area contributed by atoms with Crippen molar-refractivity contribution in [3.05, 3.63) is 197 Å². The minimum Gasteiger partial charge on any atom is -0.317 e. The van der Waals surface area contributed by atoms with Gasteiger partial charge < -0.3 is 9.13 Å². The zero-order valence-electron chi connectivity index (χ0n) is 33.9. The van der Waals surface area contributed by atoms with Crippen molar-refractivity contribution >= 4 is 89.4 Å². The molecule has 4 heterocycles. The van der Waals surface area contributed by atoms with E-state index in [0.717, 1.165) is 6.42 Å². The Balaban J connectivity index is 1.11. The van der Waals surface area contributed by atoms with Crippen LogP contribution in [0.15, 0.2) is 175 Å². The highest BCUT2D eigenvalue weighted by Gasteiger charge is 2.32. The Morgan fingerprint density at radius 2 is 1.58 bits per heavy atom. The second-order valence-corrected chi connectivity index (χ2v) is 17.9. The molecule has 0 fully saturated rings. The number of fused-ring (bicyclic) bond motifs is 8. The molecule has 0 amide bonds. The van der Waals surface area contributed by atoms with E-state index in [9.17, 15) is 0 Å². The molecule has 2 unspecified atom stereocenters. The summed E-state index contributed by atoms with van der Waals surface area (Å²) in [6.07, 6.45) is 23.4. The van der Waals surface area contributed by atoms with Crippen LogP contribution in [-0.4, -0.2) is 14.4 Å². The van der Waals surface area contributed by atoms with Crippen LogP contribution in [0.3, 0.4) is 0 Å². The molecular weight excluding hydrogens is 753 g/mol. The molecule has 0 saturated heterocycles. The van der Waals surface area contributed by atoms with Gasteiger partial charge in [0.15, 0.2) is 0 Å². The highest BCUT2D eigenvalue weighted by molar-refractivity contribution is 8.00. The summed E-state index contributed by atoms with van der Waals surface area (Å²) < 4.78 is 6.18. The van der Waals surface area contributed by atoms with Gasteiger partial charge in [-0.15, -0.1) is 23.1 Å². The molecule has 59 heavy (non-hydrogen) atoms. The van der Waals surface area contributed by atoms with Crippen LogP contribution in [0.2, 0.25) is 0 Å². The summed E-state index contributed by atoms with van der Waals surface area (Å²) in [5.74, 6) is 0.430. The molecule has 4 heteroatoms. The van der Waals surface area contributed by atoms with Crippen LogP contribution in [0, 0.1) is 6.92 Å². The lowest BCUT2D eigenvalue weighted by Crippen LogP contribution is -2.10. The van der Waals surface area contributed by atoms with Gasteiger partial charge >= 0.3 is 0 Å². The predicted molar refractivity (Wildman–Crippen MR) is 261 cm³/mol. The molecule has 8 aromatic rings. The molecule has 1 aliphatic heterocycles. The Kier molecular flexibility index (Phi) is 9.63. The maximum atomic E-state index is 4.05. The summed E-state index contributed by atoms with van der Waals surface area (Å²) in [5, 5.41) is 5.55. The molecular formula is C55H46N2S2. The maximum absolute atomic E-state index is 4.05. The molecule has 0 saturated carbocycles. The van der Waals surface area contributed by atoms with Crippen LogP contribution < -0.4 is 0 Å². The molecule has 3 aromatic heterocycles. The largest absolute Gasteiger partial charge is 0.317 e. The SMILES string of the molecule is C=C/C=C\c1c(C)n(/C(C)=C/c2c(CC3=CC4c5ccccc5SC4C=C3)sc3ccccc23)c2cccc(-c3ccc4c(c3)c3ccccc3n4C(/C=C\C)=C/C)c12. The molecule has 0 spiro atoms. The van der Waals surface area contributed by atoms with Crippen LogP contribution in [0.5, 0.6) is 0 Å². The molecule has 0 N–H and O–H groups in total. The van der Waals surface area contributed by atoms with E-state index in [-0.39, 0.29) is 0 Å². The van der Waals surface area contributed by atoms with Crippen LogP contribution in [0.25, 0.3) is 77.5 Å². The number of hydrogen-bond donors (Lipinski definition) is 0. The van der Waals surface area contributed by atoms with E-state index in [1.54, 1.807) is 0 Å². The van der Waals surface area contributed by atoms with E-state index in [1.165, 1.54) is 103 Å². The number of para-hydroxylation sites is 1. The van der Waals surface area contributed by atoms with Crippen LogP contribution in [0.1, 0.15) is 54.0 Å². The number of aromatic nitrogens is 2. The van der Waals surface area contributed by atoms with Crippen molar-refractivity contribution in [2.24, 2.45) is 0 Å². The molecule has 2 atom stereocenters. The quantitative estimate of drug-likeness (QED) is 0.132. The van der Waals surface area contributed by atoms with Crippen LogP contribution in [0.4, 0.5) is 0 Å². The van der Waals surface area contributed by atoms with Crippen molar-refractivity contribution in [1.82, 2.24) is 9.13 Å². The van der Waals surface area contributed by atoms with E-state index in [0.29, 0.717) is 11.2 Å². The van der Waals surface area contributed by atoms with E-state index in [1.807, 2.05) is 29.2 Å². The van der Waals surface area contributed by atoms with Gasteiger partial charge in [0, 0.05) is 76.3 Å². The molecule has 2 aliphatic rings. The number of thioether (sulfide) groups is 1. The second-order valence-electron chi connectivity index (χ2n) is 15.6. The standard InChI is InChI=1S/C55H46N2S2/c1-6-9-18-40-36(5)56(50-24-16-22-41(55(40)50)38-28-29-49-45(34-38)42-19-10-13-23-48(42)57(49)39(8-3)17-7-2)35(4)31-46-43-20-11-15-26-52(43)59-54(46)33-37-27-30-53-47(32-37)44-21-12-14-25-51(44)58-53/h6-32,34,47,53H,1,33H2,2-5H3/b17-7-,18-9-,35-31+,39-8+. The first-order valence-corrected chi connectivity index (χ1v) is 22.3. The summed E-state index contributed by atoms with van der Waals surface area (Å²) in [6.45, 7) is 12.8. The Morgan fingerprint density at radius 1 is 0.797 bits per heavy atom. The van der Waals surface area contributed by atoms with Crippen molar-refractivity contribution in [3.63, 3.8) is 0 Å².